The number of nitrogen functional groups attached to an aromatic ring is 1. The molecule has 0 aliphatic rings. The third kappa shape index (κ3) is 13.9. The van der Waals surface area contributed by atoms with Gasteiger partial charge < -0.3 is 50.6 Å². The third-order valence-electron chi connectivity index (χ3n) is 5.78. The van der Waals surface area contributed by atoms with Crippen LogP contribution in [0, 0.1) is 20.8 Å². The van der Waals surface area contributed by atoms with Gasteiger partial charge in [0.2, 0.25) is 0 Å². The number of amides is 1. The first-order valence-corrected chi connectivity index (χ1v) is 14.9. The maximum atomic E-state index is 12.3. The molecule has 0 spiro atoms. The summed E-state index contributed by atoms with van der Waals surface area (Å²) < 4.78 is 18.5. The van der Waals surface area contributed by atoms with Crippen LogP contribution in [0.3, 0.4) is 0 Å². The van der Waals surface area contributed by atoms with E-state index in [-0.39, 0.29) is 30.9 Å². The standard InChI is InChI=1S/C23H31N4O3.C8H16NO2.C2H5.Li/c1-5-7-8-13-19(28)30-23(3,4)15-27-18(14-29-6-2)26-20-21(27)16-11-9-10-12-17(16)25-22(20)24;1-5-6-9-7(10)11-8(2,3)4;1-2;/h9-12H,1,5-8,13-15H2,2-4H3,(H2,24,25);1,5-6H2,2-4H3,(H,9,10);1H2,2H3;/q3*-1;+1. The summed E-state index contributed by atoms with van der Waals surface area (Å²) in [6, 6.07) is 7.83. The Morgan fingerprint density at radius 1 is 1.00 bits per heavy atom. The Hall–Kier alpha value is -2.80. The average molecular weight is 606 g/mol. The van der Waals surface area contributed by atoms with Gasteiger partial charge in [0, 0.05) is 18.4 Å². The van der Waals surface area contributed by atoms with Gasteiger partial charge in [-0.2, -0.15) is 19.8 Å². The number of carbonyl (C=O) groups is 2. The second kappa shape index (κ2) is 20.3. The molecule has 3 aromatic rings. The van der Waals surface area contributed by atoms with Gasteiger partial charge in [-0.1, -0.05) is 24.6 Å². The molecule has 0 aliphatic heterocycles. The van der Waals surface area contributed by atoms with Crippen LogP contribution in [0.1, 0.15) is 86.4 Å². The summed E-state index contributed by atoms with van der Waals surface area (Å²) >= 11 is 0. The summed E-state index contributed by atoms with van der Waals surface area (Å²) in [5, 5.41) is 3.52. The predicted molar refractivity (Wildman–Crippen MR) is 174 cm³/mol. The maximum absolute atomic E-state index is 12.3. The van der Waals surface area contributed by atoms with Crippen LogP contribution in [0.2, 0.25) is 0 Å². The van der Waals surface area contributed by atoms with E-state index in [0.29, 0.717) is 50.5 Å². The van der Waals surface area contributed by atoms with Crippen molar-refractivity contribution in [1.29, 1.82) is 0 Å². The maximum Gasteiger partial charge on any atom is 1.00 e. The predicted octanol–water partition coefficient (Wildman–Crippen LogP) is 4.00. The fraction of sp³-hybridized carbons (Fsp3) is 0.545. The number of alkyl carbamates (subject to hydrolysis) is 1. The number of para-hydroxylation sites is 1. The Balaban J connectivity index is 0.00000112. The Bertz CT molecular complexity index is 1290. The molecule has 1 amide bonds. The van der Waals surface area contributed by atoms with Crippen molar-refractivity contribution >= 4 is 39.8 Å². The van der Waals surface area contributed by atoms with E-state index in [9.17, 15) is 9.59 Å². The molecule has 0 fully saturated rings. The summed E-state index contributed by atoms with van der Waals surface area (Å²) in [6.07, 6.45) is 3.23. The summed E-state index contributed by atoms with van der Waals surface area (Å²) in [5.41, 5.74) is 7.41. The molecule has 0 atom stereocenters. The van der Waals surface area contributed by atoms with Crippen LogP contribution < -0.4 is 29.9 Å². The van der Waals surface area contributed by atoms with Gasteiger partial charge in [0.25, 0.3) is 0 Å². The number of fused-ring (bicyclic) bond motifs is 3. The number of anilines is 1. The first-order chi connectivity index (χ1) is 20.3. The molecule has 2 aromatic heterocycles. The van der Waals surface area contributed by atoms with Crippen LogP contribution in [0.4, 0.5) is 10.6 Å². The van der Waals surface area contributed by atoms with Gasteiger partial charge in [0.05, 0.1) is 17.6 Å². The van der Waals surface area contributed by atoms with Crippen molar-refractivity contribution in [3.8, 4) is 0 Å². The minimum absolute atomic E-state index is 0. The van der Waals surface area contributed by atoms with Crippen LogP contribution >= 0.6 is 0 Å². The number of pyridine rings is 1. The Kier molecular flexibility index (Phi) is 19.0. The third-order valence-corrected chi connectivity index (χ3v) is 5.78. The number of carbonyl (C=O) groups excluding carboxylic acids is 2. The number of benzene rings is 1. The van der Waals surface area contributed by atoms with Gasteiger partial charge in [-0.15, -0.1) is 0 Å². The molecular formula is C33H52LiN5O5-2. The first kappa shape index (κ1) is 41.2. The summed E-state index contributed by atoms with van der Waals surface area (Å²) in [4.78, 5) is 32.4. The fourth-order valence-corrected chi connectivity index (χ4v) is 4.10. The number of rotatable bonds is 12. The second-order valence-electron chi connectivity index (χ2n) is 11.3. The zero-order valence-corrected chi connectivity index (χ0v) is 28.3. The Morgan fingerprint density at radius 3 is 2.25 bits per heavy atom. The zero-order valence-electron chi connectivity index (χ0n) is 28.3. The first-order valence-electron chi connectivity index (χ1n) is 14.9. The topological polar surface area (TPSA) is 131 Å². The van der Waals surface area contributed by atoms with Crippen molar-refractivity contribution in [1.82, 2.24) is 19.9 Å². The van der Waals surface area contributed by atoms with Gasteiger partial charge in [0.15, 0.2) is 5.82 Å². The van der Waals surface area contributed by atoms with Crippen LogP contribution in [-0.4, -0.2) is 51.0 Å². The molecule has 2 heterocycles. The monoisotopic (exact) mass is 605 g/mol. The van der Waals surface area contributed by atoms with Crippen LogP contribution in [0.5, 0.6) is 0 Å². The smallest absolute Gasteiger partial charge is 0.458 e. The van der Waals surface area contributed by atoms with Crippen molar-refractivity contribution in [2.75, 3.05) is 18.9 Å². The van der Waals surface area contributed by atoms with E-state index in [1.54, 1.807) is 6.92 Å². The number of nitrogens with zero attached hydrogens (tertiary/aromatic N) is 3. The van der Waals surface area contributed by atoms with Crippen LogP contribution in [0.15, 0.2) is 24.3 Å². The molecule has 0 unspecified atom stereocenters. The largest absolute Gasteiger partial charge is 1.00 e. The molecule has 0 saturated heterocycles. The van der Waals surface area contributed by atoms with E-state index in [1.807, 2.05) is 65.8 Å². The van der Waals surface area contributed by atoms with E-state index in [0.717, 1.165) is 41.5 Å². The van der Waals surface area contributed by atoms with Gasteiger partial charge in [0.1, 0.15) is 29.2 Å². The summed E-state index contributed by atoms with van der Waals surface area (Å²) in [7, 11) is 0. The number of aromatic nitrogens is 3. The molecule has 0 saturated carbocycles. The van der Waals surface area contributed by atoms with E-state index < -0.39 is 11.2 Å². The Morgan fingerprint density at radius 2 is 1.66 bits per heavy atom. The number of unbranched alkanes of at least 4 members (excludes halogenated alkanes) is 2. The number of nitrogens with two attached hydrogens (primary N) is 1. The summed E-state index contributed by atoms with van der Waals surface area (Å²) in [6.45, 7) is 25.6. The Labute approximate surface area is 276 Å². The van der Waals surface area contributed by atoms with E-state index in [1.165, 1.54) is 0 Å². The van der Waals surface area contributed by atoms with Gasteiger partial charge in [-0.05, 0) is 60.6 Å². The molecule has 3 N–H and O–H groups in total. The van der Waals surface area contributed by atoms with E-state index >= 15 is 0 Å². The molecule has 44 heavy (non-hydrogen) atoms. The minimum atomic E-state index is -0.727. The molecule has 242 valence electrons. The molecule has 3 rings (SSSR count). The van der Waals surface area contributed by atoms with E-state index in [4.69, 9.17) is 24.9 Å². The fourth-order valence-electron chi connectivity index (χ4n) is 4.10. The normalized spacial score (nSPS) is 11.0. The van der Waals surface area contributed by atoms with Gasteiger partial charge in [-0.3, -0.25) is 4.79 Å². The van der Waals surface area contributed by atoms with Crippen molar-refractivity contribution in [2.24, 2.45) is 0 Å². The minimum Gasteiger partial charge on any atom is -0.458 e. The number of ether oxygens (including phenoxy) is 3. The zero-order chi connectivity index (χ0) is 32.6. The molecular weight excluding hydrogens is 553 g/mol. The molecule has 1 aromatic carbocycles. The van der Waals surface area contributed by atoms with E-state index in [2.05, 4.69) is 35.6 Å². The molecule has 11 heteroatoms. The van der Waals surface area contributed by atoms with Crippen molar-refractivity contribution in [3.05, 3.63) is 50.9 Å². The van der Waals surface area contributed by atoms with Gasteiger partial charge in [-0.25, -0.2) is 14.8 Å². The van der Waals surface area contributed by atoms with Crippen molar-refractivity contribution in [3.63, 3.8) is 0 Å². The van der Waals surface area contributed by atoms with Crippen LogP contribution in [0.25, 0.3) is 21.9 Å². The number of imidazole rings is 1. The second-order valence-corrected chi connectivity index (χ2v) is 11.3. The average Bonchev–Trinajstić information content (AvgIpc) is 3.29. The number of esters is 1. The number of hydrogen-bond acceptors (Lipinski definition) is 8. The van der Waals surface area contributed by atoms with Crippen LogP contribution in [-0.2, 0) is 32.2 Å². The SMILES string of the molecule is [CH2-]C.[CH2-]CCCCC(=O)OC(C)(C)Cn1c(COCC)nc2c(N)nc3ccccc3c21.[CH2-]CCNC(=O)OC(C)(C)C.[Li+]. The molecule has 10 nitrogen and oxygen atoms in total. The van der Waals surface area contributed by atoms with Crippen molar-refractivity contribution in [2.45, 2.75) is 105 Å². The summed E-state index contributed by atoms with van der Waals surface area (Å²) in [5.74, 6) is 0.913. The quantitative estimate of drug-likeness (QED) is 0.137. The van der Waals surface area contributed by atoms with Gasteiger partial charge >= 0.3 is 30.9 Å². The molecule has 0 radical (unpaired) electrons. The molecule has 0 aliphatic carbocycles. The number of nitrogens with one attached hydrogen (secondary N) is 1. The molecule has 0 bridgehead atoms. The number of hydrogen-bond donors (Lipinski definition) is 2. The van der Waals surface area contributed by atoms with Crippen molar-refractivity contribution < 1.29 is 42.7 Å².